The van der Waals surface area contributed by atoms with Gasteiger partial charge in [0.15, 0.2) is 11.0 Å². The summed E-state index contributed by atoms with van der Waals surface area (Å²) in [5.74, 6) is -0.511. The Bertz CT molecular complexity index is 582. The molecule has 17 heavy (non-hydrogen) atoms. The minimum atomic E-state index is -1.11. The zero-order chi connectivity index (χ0) is 12.0. The second-order valence-electron chi connectivity index (χ2n) is 3.92. The van der Waals surface area contributed by atoms with Crippen LogP contribution in [0.1, 0.15) is 35.0 Å². The van der Waals surface area contributed by atoms with Crippen LogP contribution in [0.3, 0.4) is 0 Å². The maximum atomic E-state index is 11.0. The smallest absolute Gasteiger partial charge is 0.373 e. The Kier molecular flexibility index (Phi) is 2.22. The maximum absolute atomic E-state index is 11.0. The summed E-state index contributed by atoms with van der Waals surface area (Å²) in [5.41, 5.74) is 0.500. The fourth-order valence-corrected chi connectivity index (χ4v) is 1.80. The van der Waals surface area contributed by atoms with Crippen molar-refractivity contribution in [2.24, 2.45) is 0 Å². The molecule has 0 aliphatic heterocycles. The lowest BCUT2D eigenvalue weighted by Gasteiger charge is -1.89. The zero-order valence-corrected chi connectivity index (χ0v) is 9.40. The number of carboxylic acids is 1. The van der Waals surface area contributed by atoms with Crippen molar-refractivity contribution >= 4 is 17.6 Å². The number of hydrogen-bond donors (Lipinski definition) is 1. The molecule has 5 nitrogen and oxygen atoms in total. The van der Waals surface area contributed by atoms with Gasteiger partial charge in [0.2, 0.25) is 5.76 Å². The summed E-state index contributed by atoms with van der Waals surface area (Å²) < 4.78 is 10.3. The molecule has 0 spiro atoms. The van der Waals surface area contributed by atoms with Crippen molar-refractivity contribution in [2.75, 3.05) is 0 Å². The molecule has 1 aliphatic carbocycles. The van der Waals surface area contributed by atoms with Gasteiger partial charge in [-0.25, -0.2) is 9.78 Å². The highest BCUT2D eigenvalue weighted by Crippen LogP contribution is 2.42. The third-order valence-electron chi connectivity index (χ3n) is 2.60. The van der Waals surface area contributed by atoms with Gasteiger partial charge < -0.3 is 13.9 Å². The molecule has 0 aromatic carbocycles. The topological polar surface area (TPSA) is 76.5 Å². The summed E-state index contributed by atoms with van der Waals surface area (Å²) in [6.07, 6.45) is 1.90. The predicted molar refractivity (Wildman–Crippen MR) is 58.1 cm³/mol. The van der Waals surface area contributed by atoms with Gasteiger partial charge in [-0.3, -0.25) is 0 Å². The minimum Gasteiger partial charge on any atom is -0.475 e. The quantitative estimate of drug-likeness (QED) is 0.909. The van der Waals surface area contributed by atoms with E-state index in [-0.39, 0.29) is 22.8 Å². The molecule has 88 valence electrons. The summed E-state index contributed by atoms with van der Waals surface area (Å²) in [5, 5.41) is 9.23. The molecule has 3 rings (SSSR count). The van der Waals surface area contributed by atoms with Gasteiger partial charge in [-0.05, 0) is 36.6 Å². The summed E-state index contributed by atoms with van der Waals surface area (Å²) >= 11 is 5.64. The lowest BCUT2D eigenvalue weighted by molar-refractivity contribution is 0.0661. The molecular formula is C11H8ClNO4. The van der Waals surface area contributed by atoms with Crippen LogP contribution in [0, 0.1) is 0 Å². The number of hydrogen-bond acceptors (Lipinski definition) is 4. The van der Waals surface area contributed by atoms with Gasteiger partial charge in [0.25, 0.3) is 5.89 Å². The Morgan fingerprint density at radius 3 is 2.71 bits per heavy atom. The third kappa shape index (κ3) is 1.82. The Morgan fingerprint density at radius 2 is 2.18 bits per heavy atom. The number of carbonyl (C=O) groups is 1. The Labute approximate surface area is 101 Å². The lowest BCUT2D eigenvalue weighted by Crippen LogP contribution is -1.98. The monoisotopic (exact) mass is 253 g/mol. The first kappa shape index (κ1) is 10.4. The number of rotatable bonds is 3. The second kappa shape index (κ2) is 3.63. The van der Waals surface area contributed by atoms with E-state index in [2.05, 4.69) is 4.98 Å². The Balaban J connectivity index is 2.06. The van der Waals surface area contributed by atoms with Crippen molar-refractivity contribution < 1.29 is 18.7 Å². The summed E-state index contributed by atoms with van der Waals surface area (Å²) in [6, 6.07) is 3.15. The first-order chi connectivity index (χ1) is 8.15. The van der Waals surface area contributed by atoms with E-state index in [4.69, 9.17) is 25.5 Å². The molecule has 2 heterocycles. The Morgan fingerprint density at radius 1 is 1.41 bits per heavy atom. The molecule has 1 saturated carbocycles. The number of aromatic nitrogens is 1. The van der Waals surface area contributed by atoms with Crippen molar-refractivity contribution in [3.63, 3.8) is 0 Å². The molecule has 0 radical (unpaired) electrons. The van der Waals surface area contributed by atoms with Gasteiger partial charge in [-0.15, -0.1) is 0 Å². The average molecular weight is 254 g/mol. The van der Waals surface area contributed by atoms with E-state index in [0.717, 1.165) is 12.8 Å². The zero-order valence-electron chi connectivity index (χ0n) is 8.64. The normalized spacial score (nSPS) is 15.1. The van der Waals surface area contributed by atoms with E-state index in [9.17, 15) is 4.79 Å². The van der Waals surface area contributed by atoms with E-state index < -0.39 is 5.97 Å². The average Bonchev–Trinajstić information content (AvgIpc) is 2.87. The molecule has 2 aromatic heterocycles. The number of furan rings is 1. The molecule has 6 heteroatoms. The molecule has 2 aromatic rings. The molecule has 1 aliphatic rings. The number of oxazole rings is 1. The van der Waals surface area contributed by atoms with E-state index in [1.165, 1.54) is 0 Å². The first-order valence-corrected chi connectivity index (χ1v) is 5.52. The number of halogens is 1. The molecule has 0 saturated heterocycles. The summed E-state index contributed by atoms with van der Waals surface area (Å²) in [7, 11) is 0. The van der Waals surface area contributed by atoms with Crippen LogP contribution in [0.2, 0.25) is 5.22 Å². The van der Waals surface area contributed by atoms with Crippen molar-refractivity contribution in [1.82, 2.24) is 4.98 Å². The van der Waals surface area contributed by atoms with Crippen molar-refractivity contribution in [2.45, 2.75) is 18.8 Å². The molecule has 0 atom stereocenters. The van der Waals surface area contributed by atoms with Crippen LogP contribution < -0.4 is 0 Å². The highest BCUT2D eigenvalue weighted by molar-refractivity contribution is 6.28. The minimum absolute atomic E-state index is 0.102. The van der Waals surface area contributed by atoms with Gasteiger partial charge >= 0.3 is 5.97 Å². The van der Waals surface area contributed by atoms with Crippen molar-refractivity contribution in [3.05, 3.63) is 28.8 Å². The van der Waals surface area contributed by atoms with Crippen LogP contribution in [0.25, 0.3) is 11.7 Å². The standard InChI is InChI=1S/C11H8ClNO4/c12-7-4-3-6(16-7)10-13-8(5-1-2-5)9(17-10)11(14)15/h3-5H,1-2H2,(H,14,15). The fourth-order valence-electron chi connectivity index (χ4n) is 1.65. The number of aromatic carboxylic acids is 1. The van der Waals surface area contributed by atoms with Crippen molar-refractivity contribution in [1.29, 1.82) is 0 Å². The third-order valence-corrected chi connectivity index (χ3v) is 2.80. The van der Waals surface area contributed by atoms with E-state index >= 15 is 0 Å². The van der Waals surface area contributed by atoms with Crippen LogP contribution in [0.4, 0.5) is 0 Å². The molecular weight excluding hydrogens is 246 g/mol. The number of carboxylic acid groups (broad SMARTS) is 1. The van der Waals surface area contributed by atoms with Crippen LogP contribution in [-0.4, -0.2) is 16.1 Å². The molecule has 1 fully saturated rings. The maximum Gasteiger partial charge on any atom is 0.373 e. The van der Waals surface area contributed by atoms with Crippen LogP contribution in [-0.2, 0) is 0 Å². The van der Waals surface area contributed by atoms with Crippen LogP contribution in [0.15, 0.2) is 21.0 Å². The largest absolute Gasteiger partial charge is 0.475 e. The van der Waals surface area contributed by atoms with E-state index in [1.807, 2.05) is 0 Å². The fraction of sp³-hybridized carbons (Fsp3) is 0.273. The van der Waals surface area contributed by atoms with Crippen LogP contribution in [0.5, 0.6) is 0 Å². The van der Waals surface area contributed by atoms with Gasteiger partial charge in [-0.1, -0.05) is 0 Å². The van der Waals surface area contributed by atoms with Crippen LogP contribution >= 0.6 is 11.6 Å². The lowest BCUT2D eigenvalue weighted by atomic mass is 10.2. The molecule has 0 unspecified atom stereocenters. The SMILES string of the molecule is O=C(O)c1oc(-c2ccc(Cl)o2)nc1C1CC1. The number of nitrogens with zero attached hydrogens (tertiary/aromatic N) is 1. The van der Waals surface area contributed by atoms with E-state index in [0.29, 0.717) is 11.5 Å². The molecule has 1 N–H and O–H groups in total. The summed E-state index contributed by atoms with van der Waals surface area (Å²) in [6.45, 7) is 0. The summed E-state index contributed by atoms with van der Waals surface area (Å²) in [4.78, 5) is 15.2. The first-order valence-electron chi connectivity index (χ1n) is 5.15. The van der Waals surface area contributed by atoms with Crippen molar-refractivity contribution in [3.8, 4) is 11.7 Å². The van der Waals surface area contributed by atoms with Gasteiger partial charge in [0.1, 0.15) is 0 Å². The molecule has 0 bridgehead atoms. The predicted octanol–water partition coefficient (Wildman–Crippen LogP) is 3.16. The Hall–Kier alpha value is -1.75. The molecule has 0 amide bonds. The van der Waals surface area contributed by atoms with Gasteiger partial charge in [0.05, 0.1) is 5.69 Å². The van der Waals surface area contributed by atoms with E-state index in [1.54, 1.807) is 12.1 Å². The van der Waals surface area contributed by atoms with Gasteiger partial charge in [0, 0.05) is 5.92 Å². The van der Waals surface area contributed by atoms with Gasteiger partial charge in [-0.2, -0.15) is 0 Å². The second-order valence-corrected chi connectivity index (χ2v) is 4.29. The highest BCUT2D eigenvalue weighted by atomic mass is 35.5. The highest BCUT2D eigenvalue weighted by Gasteiger charge is 2.34.